The predicted molar refractivity (Wildman–Crippen MR) is 292 cm³/mol. The highest BCUT2D eigenvalue weighted by Crippen LogP contribution is 2.43. The number of hydrogen-bond acceptors (Lipinski definition) is 11. The first-order chi connectivity index (χ1) is 31.9. The molecule has 71 heavy (non-hydrogen) atoms. The number of amides is 5. The van der Waals surface area contributed by atoms with Gasteiger partial charge in [0.1, 0.15) is 18.1 Å². The van der Waals surface area contributed by atoms with Crippen LogP contribution >= 0.6 is 54.0 Å². The second-order valence-corrected chi connectivity index (χ2v) is 19.7. The summed E-state index contributed by atoms with van der Waals surface area (Å²) in [7, 11) is 5.08. The van der Waals surface area contributed by atoms with Crippen LogP contribution in [0.2, 0.25) is 0 Å². The number of nitrogens with zero attached hydrogens (tertiary/aromatic N) is 9. The Morgan fingerprint density at radius 3 is 2.44 bits per heavy atom. The van der Waals surface area contributed by atoms with E-state index in [1.165, 1.54) is 16.0 Å². The summed E-state index contributed by atoms with van der Waals surface area (Å²) < 4.78 is 15.9. The third kappa shape index (κ3) is 11.3. The van der Waals surface area contributed by atoms with E-state index < -0.39 is 46.9 Å². The Morgan fingerprint density at radius 1 is 1.08 bits per heavy atom. The summed E-state index contributed by atoms with van der Waals surface area (Å²) in [4.78, 5) is 84.2. The number of carbonyl (C=O) groups is 5. The quantitative estimate of drug-likeness (QED) is 0.172. The number of hydrazine groups is 1. The van der Waals surface area contributed by atoms with Crippen LogP contribution in [0.15, 0.2) is 49.2 Å². The van der Waals surface area contributed by atoms with Gasteiger partial charge in [-0.05, 0) is 87.4 Å². The third-order valence-corrected chi connectivity index (χ3v) is 14.1. The summed E-state index contributed by atoms with van der Waals surface area (Å²) in [5, 5.41) is 10.2. The van der Waals surface area contributed by atoms with Crippen LogP contribution in [0.4, 0.5) is 4.79 Å². The number of benzene rings is 1. The summed E-state index contributed by atoms with van der Waals surface area (Å²) >= 11 is 0. The average molecular weight is 1060 g/mol. The molecule has 18 nitrogen and oxygen atoms in total. The number of cyclic esters (lactones) is 1. The average Bonchev–Trinajstić information content (AvgIpc) is 3.80. The van der Waals surface area contributed by atoms with Crippen molar-refractivity contribution in [3.63, 3.8) is 0 Å². The Balaban J connectivity index is 0.00000274. The maximum absolute atomic E-state index is 14.7. The highest BCUT2D eigenvalue weighted by molar-refractivity contribution is 7.59. The minimum Gasteiger partial charge on any atom is -0.464 e. The molecule has 5 amide bonds. The minimum absolute atomic E-state index is 0. The summed E-state index contributed by atoms with van der Waals surface area (Å²) in [6.07, 6.45) is 4.97. The van der Waals surface area contributed by atoms with E-state index in [2.05, 4.69) is 60.9 Å². The normalized spacial score (nSPS) is 20.1. The van der Waals surface area contributed by atoms with E-state index in [0.717, 1.165) is 45.4 Å². The van der Waals surface area contributed by atoms with Gasteiger partial charge in [-0.3, -0.25) is 29.2 Å². The van der Waals surface area contributed by atoms with Crippen LogP contribution in [0.1, 0.15) is 84.0 Å². The lowest BCUT2D eigenvalue weighted by Gasteiger charge is -2.62. The van der Waals surface area contributed by atoms with Gasteiger partial charge in [0, 0.05) is 94.0 Å². The molecule has 0 saturated carbocycles. The number of aryl methyl sites for hydroxylation is 2. The molecular weight excluding hydrogens is 983 g/mol. The minimum atomic E-state index is -1.17. The number of aromatic nitrogens is 5. The van der Waals surface area contributed by atoms with Gasteiger partial charge in [-0.1, -0.05) is 34.3 Å². The number of pyridine rings is 1. The SMILES string of the molecule is C=CC(=O)N1CC2(CCN2C(=O)N(C)[C@H](C(=O)N[C@H]2Cc3nc(n(C)n3)-c3ccc4c(c3)c(c(-c3cccnc3[C@H](C)OC)n4CC)CC(C)(C)COC(=O)[C@@H]3CCCN(N3)C2=O)C(C)C)C1.S.S.S.S. The number of likely N-dealkylation sites (tertiary alicyclic amines) is 2. The molecule has 6 bridgehead atoms. The van der Waals surface area contributed by atoms with Gasteiger partial charge in [0.15, 0.2) is 11.6 Å². The molecule has 4 atom stereocenters. The van der Waals surface area contributed by atoms with Crippen molar-refractivity contribution in [1.29, 1.82) is 0 Å². The molecule has 0 radical (unpaired) electrons. The zero-order valence-electron chi connectivity index (χ0n) is 42.3. The highest BCUT2D eigenvalue weighted by Gasteiger charge is 2.57. The maximum atomic E-state index is 14.7. The lowest BCUT2D eigenvalue weighted by molar-refractivity contribution is -0.155. The van der Waals surface area contributed by atoms with Crippen molar-refractivity contribution < 1.29 is 33.4 Å². The van der Waals surface area contributed by atoms with Crippen molar-refractivity contribution in [2.75, 3.05) is 46.9 Å². The third-order valence-electron chi connectivity index (χ3n) is 14.1. The molecule has 4 aliphatic rings. The number of esters is 1. The number of carbonyl (C=O) groups excluding carboxylic acids is 5. The Labute approximate surface area is 444 Å². The molecule has 3 saturated heterocycles. The van der Waals surface area contributed by atoms with Crippen molar-refractivity contribution >= 4 is 94.6 Å². The van der Waals surface area contributed by atoms with Crippen LogP contribution in [-0.2, 0) is 55.1 Å². The van der Waals surface area contributed by atoms with Crippen LogP contribution in [0.5, 0.6) is 0 Å². The first-order valence-electron chi connectivity index (χ1n) is 23.4. The van der Waals surface area contributed by atoms with Crippen LogP contribution < -0.4 is 10.7 Å². The van der Waals surface area contributed by atoms with E-state index in [1.54, 1.807) is 41.9 Å². The van der Waals surface area contributed by atoms with Gasteiger partial charge >= 0.3 is 12.0 Å². The lowest BCUT2D eigenvalue weighted by Crippen LogP contribution is -2.79. The van der Waals surface area contributed by atoms with Crippen molar-refractivity contribution in [1.82, 2.24) is 54.8 Å². The van der Waals surface area contributed by atoms with Crippen LogP contribution in [0, 0.1) is 11.3 Å². The molecule has 22 heteroatoms. The van der Waals surface area contributed by atoms with Crippen molar-refractivity contribution in [3.8, 4) is 22.6 Å². The van der Waals surface area contributed by atoms with Crippen molar-refractivity contribution in [3.05, 3.63) is 66.3 Å². The monoisotopic (exact) mass is 1060 g/mol. The Hall–Kier alpha value is -4.74. The smallest absolute Gasteiger partial charge is 0.324 e. The Kier molecular flexibility index (Phi) is 19.4. The van der Waals surface area contributed by atoms with Gasteiger partial charge in [0.05, 0.1) is 29.6 Å². The number of nitrogens with one attached hydrogen (secondary N) is 2. The number of likely N-dealkylation sites (N-methyl/N-ethyl adjacent to an activating group) is 1. The fraction of sp³-hybridized carbons (Fsp3) is 0.551. The number of methoxy groups -OCH3 is 1. The fourth-order valence-corrected chi connectivity index (χ4v) is 10.4. The van der Waals surface area contributed by atoms with E-state index in [-0.39, 0.29) is 97.5 Å². The van der Waals surface area contributed by atoms with Gasteiger partial charge < -0.3 is 34.1 Å². The van der Waals surface area contributed by atoms with Gasteiger partial charge in [-0.25, -0.2) is 19.9 Å². The van der Waals surface area contributed by atoms with Crippen LogP contribution in [0.3, 0.4) is 0 Å². The molecule has 3 fully saturated rings. The second kappa shape index (κ2) is 23.4. The molecule has 4 aromatic rings. The standard InChI is InChI=1S/C49H65N11O7.4H2S/c1-11-39(61)57-26-49(27-57)19-22-59(49)47(65)55(8)41(29(3)4)44(62)51-36-24-38-52-43(56(9)54-38)31-17-18-37-33(23-31)34(42(58(37)12-2)32-15-13-20-50-40(32)30(5)66-10)25-48(6,7)28-67-46(64)35-16-14-21-60(53-35)45(36)63;;;;/h11,13,15,17-18,20,23,29-30,35-36,41,53H,1,12,14,16,19,21-22,24-28H2,2-10H3,(H,51,62);4*1H2/t30-,35-,36-,41-;;;;/m0..../s1. The Morgan fingerprint density at radius 2 is 1.80 bits per heavy atom. The Bertz CT molecular complexity index is 2620. The summed E-state index contributed by atoms with van der Waals surface area (Å²) in [5.41, 5.74) is 7.80. The molecular formula is C49H73N11O7S4. The number of ether oxygens (including phenoxy) is 2. The molecule has 4 aliphatic heterocycles. The molecule has 8 rings (SSSR count). The molecule has 3 aromatic heterocycles. The van der Waals surface area contributed by atoms with Crippen molar-refractivity contribution in [2.24, 2.45) is 18.4 Å². The first-order valence-corrected chi connectivity index (χ1v) is 23.4. The molecule has 0 unspecified atom stereocenters. The topological polar surface area (TPSA) is 189 Å². The van der Waals surface area contributed by atoms with Crippen LogP contribution in [0.25, 0.3) is 33.5 Å². The fourth-order valence-electron chi connectivity index (χ4n) is 10.4. The van der Waals surface area contributed by atoms with E-state index >= 15 is 0 Å². The van der Waals surface area contributed by atoms with Gasteiger partial charge in [-0.2, -0.15) is 59.1 Å². The maximum Gasteiger partial charge on any atom is 0.324 e. The molecule has 1 aromatic carbocycles. The number of urea groups is 1. The van der Waals surface area contributed by atoms with E-state index in [0.29, 0.717) is 57.1 Å². The predicted octanol–water partition coefficient (Wildman–Crippen LogP) is 4.87. The lowest BCUT2D eigenvalue weighted by atomic mass is 9.77. The summed E-state index contributed by atoms with van der Waals surface area (Å²) in [5.74, 6) is -1.09. The molecule has 390 valence electrons. The first kappa shape index (κ1) is 58.8. The second-order valence-electron chi connectivity index (χ2n) is 19.7. The van der Waals surface area contributed by atoms with Crippen molar-refractivity contribution in [2.45, 2.75) is 110 Å². The van der Waals surface area contributed by atoms with Gasteiger partial charge in [0.2, 0.25) is 11.8 Å². The summed E-state index contributed by atoms with van der Waals surface area (Å²) in [6, 6.07) is 7.00. The number of fused-ring (bicyclic) bond motifs is 6. The number of hydrogen-bond donors (Lipinski definition) is 2. The molecule has 0 aliphatic carbocycles. The van der Waals surface area contributed by atoms with E-state index in [4.69, 9.17) is 24.5 Å². The van der Waals surface area contributed by atoms with E-state index in [1.807, 2.05) is 32.9 Å². The highest BCUT2D eigenvalue weighted by atomic mass is 32.1. The molecule has 7 heterocycles. The van der Waals surface area contributed by atoms with Gasteiger partial charge in [0.25, 0.3) is 5.91 Å². The molecule has 2 N–H and O–H groups in total. The molecule has 1 spiro atoms. The largest absolute Gasteiger partial charge is 0.464 e. The summed E-state index contributed by atoms with van der Waals surface area (Å²) in [6.45, 7) is 17.9. The van der Waals surface area contributed by atoms with E-state index in [9.17, 15) is 24.0 Å². The zero-order valence-corrected chi connectivity index (χ0v) is 46.3. The van der Waals surface area contributed by atoms with Crippen LogP contribution in [-0.4, -0.2) is 144 Å². The zero-order chi connectivity index (χ0) is 48.1. The van der Waals surface area contributed by atoms with Gasteiger partial charge in [-0.15, -0.1) is 0 Å². The number of rotatable bonds is 9.